The van der Waals surface area contributed by atoms with Gasteiger partial charge in [-0.05, 0) is 107 Å². The first-order valence-electron chi connectivity index (χ1n) is 19.8. The minimum atomic E-state index is -0.0524. The van der Waals surface area contributed by atoms with Crippen LogP contribution in [-0.2, 0) is 18.3 Å². The lowest BCUT2D eigenvalue weighted by Crippen LogP contribution is -2.15. The largest absolute Gasteiger partial charge is 0.456 e. The van der Waals surface area contributed by atoms with E-state index < -0.39 is 0 Å². The predicted molar refractivity (Wildman–Crippen MR) is 237 cm³/mol. The number of nitrogens with zero attached hydrogens (tertiary/aromatic N) is 1. The van der Waals surface area contributed by atoms with Crippen molar-refractivity contribution in [2.75, 3.05) is 4.90 Å². The lowest BCUT2D eigenvalue weighted by molar-refractivity contribution is 0.580. The molecule has 2 aliphatic rings. The molecule has 3 heteroatoms. The zero-order valence-corrected chi connectivity index (χ0v) is 32.4. The Bertz CT molecular complexity index is 2940. The second-order valence-corrected chi connectivity index (χ2v) is 17.0. The third kappa shape index (κ3) is 5.22. The Morgan fingerprint density at radius 3 is 2.18 bits per heavy atom. The van der Waals surface area contributed by atoms with Crippen molar-refractivity contribution in [1.82, 2.24) is 0 Å². The summed E-state index contributed by atoms with van der Waals surface area (Å²) in [7, 11) is 0. The molecular formula is C53H41NOS. The molecular weight excluding hydrogens is 699 g/mol. The fraction of sp³-hybridized carbons (Fsp3) is 0.132. The molecule has 1 atom stereocenters. The summed E-state index contributed by atoms with van der Waals surface area (Å²) in [4.78, 5) is 2.38. The van der Waals surface area contributed by atoms with Crippen molar-refractivity contribution in [2.24, 2.45) is 0 Å². The predicted octanol–water partition coefficient (Wildman–Crippen LogP) is 14.9. The van der Waals surface area contributed by atoms with E-state index in [0.717, 1.165) is 47.7 Å². The molecule has 2 aromatic heterocycles. The Morgan fingerprint density at radius 1 is 0.643 bits per heavy atom. The van der Waals surface area contributed by atoms with E-state index in [0.29, 0.717) is 0 Å². The van der Waals surface area contributed by atoms with Crippen LogP contribution in [0.1, 0.15) is 59.8 Å². The summed E-state index contributed by atoms with van der Waals surface area (Å²) in [5.74, 6) is 1.15. The Morgan fingerprint density at radius 2 is 1.36 bits per heavy atom. The summed E-state index contributed by atoms with van der Waals surface area (Å²) in [6, 6.07) is 60.2. The summed E-state index contributed by atoms with van der Waals surface area (Å²) in [5.41, 5.74) is 15.1. The first kappa shape index (κ1) is 33.2. The highest BCUT2D eigenvalue weighted by Crippen LogP contribution is 2.51. The first-order valence-corrected chi connectivity index (χ1v) is 20.6. The lowest BCUT2D eigenvalue weighted by Gasteiger charge is -2.27. The van der Waals surface area contributed by atoms with Crippen LogP contribution in [0.2, 0.25) is 0 Å². The number of thiophene rings is 1. The van der Waals surface area contributed by atoms with Crippen LogP contribution >= 0.6 is 11.3 Å². The maximum Gasteiger partial charge on any atom is 0.137 e. The van der Waals surface area contributed by atoms with E-state index in [4.69, 9.17) is 4.42 Å². The van der Waals surface area contributed by atoms with E-state index in [2.05, 4.69) is 189 Å². The standard InChI is InChI=1S/C53H41NOS/c1-53(2)45-23-11-9-19-38(45)39-29-27-34(32-46(39)53)31-44(35-28-30-41-40-20-10-12-26-49(40)56-50(41)33-35)42-21-13-22-43-51-47(24-14-25-48(51)55-52(42)43)54(36-15-5-3-6-16-36)37-17-7-4-8-18-37/h3-12,14-21,23-30,32-33,44H,13,22,31H2,1-2H3. The Hall–Kier alpha value is -6.16. The van der Waals surface area contributed by atoms with E-state index in [1.165, 1.54) is 70.1 Å². The van der Waals surface area contributed by atoms with Crippen LogP contribution in [0.25, 0.3) is 47.8 Å². The lowest BCUT2D eigenvalue weighted by atomic mass is 9.78. The van der Waals surface area contributed by atoms with Gasteiger partial charge in [0.05, 0.1) is 5.69 Å². The maximum atomic E-state index is 7.10. The summed E-state index contributed by atoms with van der Waals surface area (Å²) in [6.45, 7) is 4.76. The van der Waals surface area contributed by atoms with Crippen LogP contribution in [0, 0.1) is 0 Å². The zero-order chi connectivity index (χ0) is 37.4. The van der Waals surface area contributed by atoms with Gasteiger partial charge in [-0.15, -0.1) is 11.3 Å². The highest BCUT2D eigenvalue weighted by Gasteiger charge is 2.36. The van der Waals surface area contributed by atoms with Gasteiger partial charge in [-0.3, -0.25) is 0 Å². The number of hydrogen-bond donors (Lipinski definition) is 0. The minimum Gasteiger partial charge on any atom is -0.456 e. The summed E-state index contributed by atoms with van der Waals surface area (Å²) in [5, 5.41) is 3.87. The van der Waals surface area contributed by atoms with Gasteiger partial charge in [0.25, 0.3) is 0 Å². The molecule has 0 aliphatic heterocycles. The number of allylic oxidation sites excluding steroid dienone is 2. The van der Waals surface area contributed by atoms with Crippen molar-refractivity contribution in [3.05, 3.63) is 203 Å². The monoisotopic (exact) mass is 739 g/mol. The van der Waals surface area contributed by atoms with Gasteiger partial charge in [0.15, 0.2) is 0 Å². The molecule has 56 heavy (non-hydrogen) atoms. The van der Waals surface area contributed by atoms with E-state index in [1.54, 1.807) is 0 Å². The highest BCUT2D eigenvalue weighted by molar-refractivity contribution is 7.25. The number of hydrogen-bond acceptors (Lipinski definition) is 3. The van der Waals surface area contributed by atoms with Crippen molar-refractivity contribution in [3.63, 3.8) is 0 Å². The SMILES string of the molecule is CC1(C)c2ccccc2-c2ccc(CC(C3=CCCc4c3oc3cccc(N(c5ccccc5)c5ccccc5)c43)c3ccc4c(c3)sc3ccccc34)cc21. The van der Waals surface area contributed by atoms with Gasteiger partial charge in [0, 0.05) is 53.8 Å². The number of rotatable bonds is 7. The molecule has 0 N–H and O–H groups in total. The second kappa shape index (κ2) is 13.0. The molecule has 0 bridgehead atoms. The van der Waals surface area contributed by atoms with Crippen molar-refractivity contribution in [3.8, 4) is 11.1 Å². The zero-order valence-electron chi connectivity index (χ0n) is 31.6. The highest BCUT2D eigenvalue weighted by atomic mass is 32.1. The average molecular weight is 740 g/mol. The Labute approximate surface area is 332 Å². The molecule has 0 spiro atoms. The number of anilines is 3. The van der Waals surface area contributed by atoms with Gasteiger partial charge < -0.3 is 9.32 Å². The van der Waals surface area contributed by atoms with Crippen molar-refractivity contribution in [2.45, 2.75) is 44.4 Å². The maximum absolute atomic E-state index is 7.10. The molecule has 0 fully saturated rings. The molecule has 0 amide bonds. The third-order valence-electron chi connectivity index (χ3n) is 12.4. The summed E-state index contributed by atoms with van der Waals surface area (Å²) >= 11 is 1.90. The normalized spacial score (nSPS) is 14.7. The Kier molecular flexibility index (Phi) is 7.69. The van der Waals surface area contributed by atoms with Gasteiger partial charge in [0.1, 0.15) is 11.3 Å². The molecule has 2 heterocycles. The van der Waals surface area contributed by atoms with E-state index in [-0.39, 0.29) is 11.3 Å². The van der Waals surface area contributed by atoms with E-state index in [1.807, 2.05) is 11.3 Å². The Balaban J connectivity index is 1.08. The number of fused-ring (bicyclic) bond motifs is 9. The van der Waals surface area contributed by atoms with Gasteiger partial charge in [-0.1, -0.05) is 135 Å². The fourth-order valence-electron chi connectivity index (χ4n) is 9.68. The summed E-state index contributed by atoms with van der Waals surface area (Å²) < 4.78 is 9.77. The smallest absolute Gasteiger partial charge is 0.137 e. The molecule has 0 saturated heterocycles. The van der Waals surface area contributed by atoms with Crippen LogP contribution in [0.4, 0.5) is 17.1 Å². The third-order valence-corrected chi connectivity index (χ3v) is 13.5. The van der Waals surface area contributed by atoms with Crippen LogP contribution < -0.4 is 4.90 Å². The van der Waals surface area contributed by atoms with Gasteiger partial charge in [0.2, 0.25) is 0 Å². The quantitative estimate of drug-likeness (QED) is 0.162. The van der Waals surface area contributed by atoms with Gasteiger partial charge >= 0.3 is 0 Å². The van der Waals surface area contributed by atoms with Gasteiger partial charge in [-0.25, -0.2) is 0 Å². The molecule has 0 saturated carbocycles. The molecule has 0 radical (unpaired) electrons. The van der Waals surface area contributed by atoms with Crippen LogP contribution in [0.5, 0.6) is 0 Å². The summed E-state index contributed by atoms with van der Waals surface area (Å²) in [6.07, 6.45) is 5.26. The second-order valence-electron chi connectivity index (χ2n) is 15.9. The van der Waals surface area contributed by atoms with Crippen molar-refractivity contribution in [1.29, 1.82) is 0 Å². The average Bonchev–Trinajstić information content (AvgIpc) is 3.89. The topological polar surface area (TPSA) is 16.4 Å². The van der Waals surface area contributed by atoms with Crippen molar-refractivity contribution < 1.29 is 4.42 Å². The minimum absolute atomic E-state index is 0.0524. The van der Waals surface area contributed by atoms with Crippen molar-refractivity contribution >= 4 is 65.1 Å². The van der Waals surface area contributed by atoms with E-state index >= 15 is 0 Å². The van der Waals surface area contributed by atoms with Crippen LogP contribution in [0.15, 0.2) is 174 Å². The number of para-hydroxylation sites is 2. The number of benzene rings is 7. The molecule has 7 aromatic carbocycles. The number of furan rings is 1. The number of aryl methyl sites for hydroxylation is 1. The molecule has 2 aliphatic carbocycles. The van der Waals surface area contributed by atoms with Gasteiger partial charge in [-0.2, -0.15) is 0 Å². The fourth-order valence-corrected chi connectivity index (χ4v) is 10.8. The van der Waals surface area contributed by atoms with Crippen LogP contribution in [0.3, 0.4) is 0 Å². The molecule has 270 valence electrons. The first-order chi connectivity index (χ1) is 27.5. The van der Waals surface area contributed by atoms with Crippen LogP contribution in [-0.4, -0.2) is 0 Å². The molecule has 9 aromatic rings. The van der Waals surface area contributed by atoms with E-state index in [9.17, 15) is 0 Å². The molecule has 1 unspecified atom stereocenters. The molecule has 2 nitrogen and oxygen atoms in total. The molecule has 11 rings (SSSR count).